The number of aromatic nitrogens is 1. The van der Waals surface area contributed by atoms with Crippen LogP contribution in [0.4, 0.5) is 4.39 Å². The fourth-order valence-electron chi connectivity index (χ4n) is 6.89. The molecule has 8 nitrogen and oxygen atoms in total. The lowest BCUT2D eigenvalue weighted by Crippen LogP contribution is -2.42. The predicted octanol–water partition coefficient (Wildman–Crippen LogP) is 6.20. The van der Waals surface area contributed by atoms with E-state index in [-0.39, 0.29) is 41.0 Å². The van der Waals surface area contributed by atoms with E-state index in [9.17, 15) is 22.4 Å². The third-order valence-electron chi connectivity index (χ3n) is 9.39. The lowest BCUT2D eigenvalue weighted by Gasteiger charge is -2.33. The van der Waals surface area contributed by atoms with Crippen LogP contribution in [0.5, 0.6) is 0 Å². The van der Waals surface area contributed by atoms with Crippen LogP contribution in [-0.4, -0.2) is 47.5 Å². The van der Waals surface area contributed by atoms with Gasteiger partial charge >= 0.3 is 5.97 Å². The molecule has 10 heteroatoms. The summed E-state index contributed by atoms with van der Waals surface area (Å²) in [6.07, 6.45) is 4.73. The Labute approximate surface area is 262 Å². The van der Waals surface area contributed by atoms with Crippen molar-refractivity contribution in [1.82, 2.24) is 14.2 Å². The van der Waals surface area contributed by atoms with Crippen molar-refractivity contribution in [3.8, 4) is 11.3 Å². The number of benzene rings is 3. The Kier molecular flexibility index (Phi) is 8.79. The number of fused-ring (bicyclic) bond motifs is 1. The van der Waals surface area contributed by atoms with Crippen LogP contribution in [0.25, 0.3) is 22.2 Å². The minimum atomic E-state index is -3.78. The monoisotopic (exact) mass is 631 g/mol. The molecule has 2 N–H and O–H groups in total. The van der Waals surface area contributed by atoms with Crippen LogP contribution >= 0.6 is 0 Å². The number of rotatable bonds is 9. The summed E-state index contributed by atoms with van der Waals surface area (Å²) in [5.41, 5.74) is 4.58. The molecule has 0 spiro atoms. The van der Waals surface area contributed by atoms with Gasteiger partial charge in [0.25, 0.3) is 0 Å². The number of nitrogens with zero attached hydrogens (tertiary/aromatic N) is 2. The Morgan fingerprint density at radius 1 is 0.933 bits per heavy atom. The van der Waals surface area contributed by atoms with E-state index < -0.39 is 16.0 Å². The lowest BCUT2D eigenvalue weighted by atomic mass is 9.85. The van der Waals surface area contributed by atoms with E-state index in [0.29, 0.717) is 38.6 Å². The number of amides is 1. The molecule has 1 aliphatic heterocycles. The molecule has 0 unspecified atom stereocenters. The first-order chi connectivity index (χ1) is 21.6. The van der Waals surface area contributed by atoms with Crippen molar-refractivity contribution in [3.05, 3.63) is 89.7 Å². The fraction of sp³-hybridized carbons (Fsp3) is 0.371. The van der Waals surface area contributed by atoms with Gasteiger partial charge in [0.05, 0.1) is 10.9 Å². The fourth-order valence-corrected chi connectivity index (χ4v) is 8.21. The number of nitrogens with one attached hydrogen (secondary N) is 1. The van der Waals surface area contributed by atoms with E-state index in [4.69, 9.17) is 5.11 Å². The van der Waals surface area contributed by atoms with Gasteiger partial charge in [-0.2, -0.15) is 0 Å². The Hall–Kier alpha value is -4.02. The number of carboxylic acids is 1. The molecule has 0 radical (unpaired) electrons. The Bertz CT molecular complexity index is 1810. The van der Waals surface area contributed by atoms with E-state index >= 15 is 0 Å². The molecule has 1 amide bonds. The van der Waals surface area contributed by atoms with Crippen LogP contribution < -0.4 is 4.72 Å². The molecule has 1 aromatic heterocycles. The summed E-state index contributed by atoms with van der Waals surface area (Å²) >= 11 is 0. The van der Waals surface area contributed by atoms with Gasteiger partial charge in [0.1, 0.15) is 5.82 Å². The number of halogens is 1. The number of hydrogen-bond donors (Lipinski definition) is 2. The highest BCUT2D eigenvalue weighted by molar-refractivity contribution is 7.89. The molecular formula is C35H38FN3O5S. The maximum absolute atomic E-state index is 13.5. The molecule has 4 aromatic rings. The van der Waals surface area contributed by atoms with Crippen molar-refractivity contribution < 1.29 is 27.5 Å². The summed E-state index contributed by atoms with van der Waals surface area (Å²) in [5, 5.41) is 9.86. The number of carboxylic acid groups (broad SMARTS) is 1. The normalized spacial score (nSPS) is 20.5. The van der Waals surface area contributed by atoms with E-state index in [1.165, 1.54) is 12.1 Å². The maximum atomic E-state index is 13.5. The topological polar surface area (TPSA) is 109 Å². The molecule has 2 fully saturated rings. The zero-order valence-electron chi connectivity index (χ0n) is 25.3. The Morgan fingerprint density at radius 3 is 2.33 bits per heavy atom. The quantitative estimate of drug-likeness (QED) is 0.229. The molecule has 2 aliphatic rings. The average molecular weight is 632 g/mol. The van der Waals surface area contributed by atoms with Crippen molar-refractivity contribution in [1.29, 1.82) is 0 Å². The second-order valence-electron chi connectivity index (χ2n) is 12.3. The maximum Gasteiger partial charge on any atom is 0.303 e. The third-order valence-corrected chi connectivity index (χ3v) is 10.9. The summed E-state index contributed by atoms with van der Waals surface area (Å²) in [4.78, 5) is 26.5. The minimum Gasteiger partial charge on any atom is -0.481 e. The molecule has 0 bridgehead atoms. The summed E-state index contributed by atoms with van der Waals surface area (Å²) < 4.78 is 45.2. The second kappa shape index (κ2) is 12.8. The molecule has 1 saturated heterocycles. The van der Waals surface area contributed by atoms with Gasteiger partial charge in [-0.05, 0) is 92.0 Å². The molecule has 236 valence electrons. The van der Waals surface area contributed by atoms with Crippen LogP contribution in [0.3, 0.4) is 0 Å². The second-order valence-corrected chi connectivity index (χ2v) is 14.0. The molecule has 1 saturated carbocycles. The van der Waals surface area contributed by atoms with Crippen LogP contribution in [-0.2, 0) is 33.1 Å². The van der Waals surface area contributed by atoms with Crippen molar-refractivity contribution in [2.75, 3.05) is 6.54 Å². The molecule has 2 heterocycles. The Balaban J connectivity index is 1.09. The van der Waals surface area contributed by atoms with Gasteiger partial charge < -0.3 is 14.6 Å². The molecule has 1 atom stereocenters. The van der Waals surface area contributed by atoms with E-state index in [2.05, 4.69) is 4.72 Å². The first kappa shape index (κ1) is 31.0. The van der Waals surface area contributed by atoms with Crippen LogP contribution in [0.1, 0.15) is 62.1 Å². The number of carbonyl (C=O) groups excluding carboxylic acids is 1. The van der Waals surface area contributed by atoms with Crippen LogP contribution in [0, 0.1) is 11.7 Å². The minimum absolute atomic E-state index is 0.0366. The molecule has 6 rings (SSSR count). The van der Waals surface area contributed by atoms with Crippen molar-refractivity contribution >= 4 is 32.8 Å². The summed E-state index contributed by atoms with van der Waals surface area (Å²) in [5.74, 6) is -1.15. The SMILES string of the molecule is Cn1c(-c2ccc(CCC(=O)O)cc2)cc2ccc(S(=O)(=O)N[C@H]3CC[C@H](C(=O)N4CCC[C@@H]4c4ccc(F)cc4)CC3)cc21. The largest absolute Gasteiger partial charge is 0.481 e. The van der Waals surface area contributed by atoms with Gasteiger partial charge in [-0.1, -0.05) is 42.5 Å². The average Bonchev–Trinajstić information content (AvgIpc) is 3.65. The van der Waals surface area contributed by atoms with Crippen molar-refractivity contribution in [2.45, 2.75) is 68.3 Å². The van der Waals surface area contributed by atoms with Gasteiger partial charge in [-0.25, -0.2) is 17.5 Å². The predicted molar refractivity (Wildman–Crippen MR) is 170 cm³/mol. The standard InChI is InChI=1S/C35H38FN3O5S/c1-38-32(25-7-4-23(5-8-25)6-19-34(40)41)21-27-13-18-30(22-33(27)38)45(43,44)37-29-16-11-26(12-17-29)35(42)39-20-2-3-31(39)24-9-14-28(36)15-10-24/h4-5,7-10,13-15,18,21-22,26,29,31,37H,2-3,6,11-12,16-17,19-20H2,1H3,(H,40,41)/t26-,29-,31-/m1/s1. The van der Waals surface area contributed by atoms with Gasteiger partial charge in [-0.3, -0.25) is 9.59 Å². The van der Waals surface area contributed by atoms with Crippen molar-refractivity contribution in [2.24, 2.45) is 13.0 Å². The van der Waals surface area contributed by atoms with Crippen LogP contribution in [0.2, 0.25) is 0 Å². The summed E-state index contributed by atoms with van der Waals surface area (Å²) in [6.45, 7) is 0.689. The molecule has 3 aromatic carbocycles. The number of sulfonamides is 1. The number of hydrogen-bond acceptors (Lipinski definition) is 4. The smallest absolute Gasteiger partial charge is 0.303 e. The number of aryl methyl sites for hydroxylation is 2. The van der Waals surface area contributed by atoms with E-state index in [0.717, 1.165) is 46.1 Å². The first-order valence-electron chi connectivity index (χ1n) is 15.6. The number of likely N-dealkylation sites (tertiary alicyclic amines) is 1. The van der Waals surface area contributed by atoms with E-state index in [1.54, 1.807) is 24.3 Å². The lowest BCUT2D eigenvalue weighted by molar-refractivity contribution is -0.138. The zero-order valence-corrected chi connectivity index (χ0v) is 26.1. The first-order valence-corrected chi connectivity index (χ1v) is 17.1. The van der Waals surface area contributed by atoms with Gasteiger partial charge in [0.2, 0.25) is 15.9 Å². The summed E-state index contributed by atoms with van der Waals surface area (Å²) in [7, 11) is -1.88. The summed E-state index contributed by atoms with van der Waals surface area (Å²) in [6, 6.07) is 21.0. The van der Waals surface area contributed by atoms with Gasteiger partial charge in [0.15, 0.2) is 0 Å². The molecule has 45 heavy (non-hydrogen) atoms. The highest BCUT2D eigenvalue weighted by atomic mass is 32.2. The molecular weight excluding hydrogens is 593 g/mol. The third kappa shape index (κ3) is 6.67. The van der Waals surface area contributed by atoms with Gasteiger partial charge in [0, 0.05) is 48.6 Å². The number of carbonyl (C=O) groups is 2. The van der Waals surface area contributed by atoms with Gasteiger partial charge in [-0.15, -0.1) is 0 Å². The Morgan fingerprint density at radius 2 is 1.64 bits per heavy atom. The van der Waals surface area contributed by atoms with Crippen molar-refractivity contribution in [3.63, 3.8) is 0 Å². The number of aliphatic carboxylic acids is 1. The zero-order chi connectivity index (χ0) is 31.7. The van der Waals surface area contributed by atoms with Crippen LogP contribution in [0.15, 0.2) is 77.7 Å². The highest BCUT2D eigenvalue weighted by Crippen LogP contribution is 2.36. The van der Waals surface area contributed by atoms with E-state index in [1.807, 2.05) is 52.9 Å². The highest BCUT2D eigenvalue weighted by Gasteiger charge is 2.36. The molecule has 1 aliphatic carbocycles.